The number of hydrogen-bond acceptors (Lipinski definition) is 6. The van der Waals surface area contributed by atoms with Crippen molar-refractivity contribution in [3.05, 3.63) is 24.3 Å². The molecular weight excluding hydrogens is 282 g/mol. The molecule has 4 N–H and O–H groups in total. The number of carbonyl (C=O) groups excluding carboxylic acids is 1. The van der Waals surface area contributed by atoms with Crippen molar-refractivity contribution in [1.29, 1.82) is 0 Å². The van der Waals surface area contributed by atoms with Crippen LogP contribution in [0.3, 0.4) is 0 Å². The lowest BCUT2D eigenvalue weighted by atomic mass is 10.0. The number of hydrogen-bond donors (Lipinski definition) is 3. The Morgan fingerprint density at radius 1 is 1.59 bits per heavy atom. The number of ether oxygens (including phenoxy) is 1. The van der Waals surface area contributed by atoms with Crippen molar-refractivity contribution in [3.8, 4) is 0 Å². The van der Waals surface area contributed by atoms with Gasteiger partial charge in [-0.05, 0) is 33.6 Å². The lowest BCUT2D eigenvalue weighted by Crippen LogP contribution is -2.50. The van der Waals surface area contributed by atoms with Crippen molar-refractivity contribution in [2.45, 2.75) is 45.3 Å². The number of aliphatic imine (C=N–C) groups is 1. The predicted molar refractivity (Wildman–Crippen MR) is 85.9 cm³/mol. The van der Waals surface area contributed by atoms with Gasteiger partial charge in [0.1, 0.15) is 11.4 Å². The number of nitrogens with one attached hydrogen (secondary N) is 2. The summed E-state index contributed by atoms with van der Waals surface area (Å²) in [5.41, 5.74) is 6.30. The van der Waals surface area contributed by atoms with Crippen LogP contribution in [0, 0.1) is 0 Å². The summed E-state index contributed by atoms with van der Waals surface area (Å²) in [6.07, 6.45) is 3.30. The minimum absolute atomic E-state index is 0.0300. The van der Waals surface area contributed by atoms with E-state index < -0.39 is 5.60 Å². The second-order valence-corrected chi connectivity index (χ2v) is 6.55. The van der Waals surface area contributed by atoms with Crippen molar-refractivity contribution in [2.24, 2.45) is 10.7 Å². The number of rotatable bonds is 2. The Morgan fingerprint density at radius 2 is 2.32 bits per heavy atom. The third-order valence-corrected chi connectivity index (χ3v) is 3.38. The standard InChI is InChI=1S/C15H25N5O2/c1-10-17-8-12(13(16)18-10)20-7-5-6-11(9-20)19-14(21)22-15(2,3)4/h8,11,17H,1,5-7,9H2,2-4H3,(H2,16,18)(H,19,21). The van der Waals surface area contributed by atoms with E-state index in [2.05, 4.69) is 27.1 Å². The summed E-state index contributed by atoms with van der Waals surface area (Å²) < 4.78 is 5.30. The Labute approximate surface area is 131 Å². The highest BCUT2D eigenvalue weighted by Crippen LogP contribution is 2.18. The molecule has 0 aliphatic carbocycles. The first-order valence-corrected chi connectivity index (χ1v) is 7.49. The number of nitrogens with two attached hydrogens (primary N) is 1. The zero-order valence-electron chi connectivity index (χ0n) is 13.5. The van der Waals surface area contributed by atoms with Crippen molar-refractivity contribution in [2.75, 3.05) is 13.1 Å². The molecule has 7 nitrogen and oxygen atoms in total. The number of alkyl carbamates (subject to hydrolysis) is 1. The van der Waals surface area contributed by atoms with Crippen molar-refractivity contribution < 1.29 is 9.53 Å². The van der Waals surface area contributed by atoms with Gasteiger partial charge in [-0.15, -0.1) is 0 Å². The molecule has 0 bridgehead atoms. The van der Waals surface area contributed by atoms with Crippen LogP contribution in [0.5, 0.6) is 0 Å². The highest BCUT2D eigenvalue weighted by atomic mass is 16.6. The summed E-state index contributed by atoms with van der Waals surface area (Å²) in [5, 5.41) is 5.89. The van der Waals surface area contributed by atoms with E-state index in [-0.39, 0.29) is 12.1 Å². The molecule has 0 radical (unpaired) electrons. The van der Waals surface area contributed by atoms with E-state index in [1.807, 2.05) is 20.8 Å². The van der Waals surface area contributed by atoms with Crippen LogP contribution in [0.1, 0.15) is 33.6 Å². The second kappa shape index (κ2) is 6.29. The Balaban J connectivity index is 1.94. The van der Waals surface area contributed by atoms with E-state index in [1.54, 1.807) is 6.20 Å². The molecule has 2 aliphatic rings. The molecule has 2 rings (SSSR count). The Morgan fingerprint density at radius 3 is 2.95 bits per heavy atom. The number of piperidine rings is 1. The maximum absolute atomic E-state index is 11.9. The van der Waals surface area contributed by atoms with Crippen LogP contribution < -0.4 is 16.4 Å². The maximum atomic E-state index is 11.9. The largest absolute Gasteiger partial charge is 0.444 e. The lowest BCUT2D eigenvalue weighted by molar-refractivity contribution is 0.0481. The zero-order chi connectivity index (χ0) is 16.3. The summed E-state index contributed by atoms with van der Waals surface area (Å²) in [6, 6.07) is 0.0300. The third kappa shape index (κ3) is 4.41. The van der Waals surface area contributed by atoms with Gasteiger partial charge in [0.15, 0.2) is 5.84 Å². The fourth-order valence-corrected chi connectivity index (χ4v) is 2.50. The van der Waals surface area contributed by atoms with Crippen LogP contribution in [0.25, 0.3) is 0 Å². The second-order valence-electron chi connectivity index (χ2n) is 6.55. The molecule has 7 heteroatoms. The molecule has 122 valence electrons. The Kier molecular flexibility index (Phi) is 4.63. The average molecular weight is 307 g/mol. The van der Waals surface area contributed by atoms with Crippen LogP contribution in [0.2, 0.25) is 0 Å². The topological polar surface area (TPSA) is 92.0 Å². The molecule has 0 aromatic heterocycles. The van der Waals surface area contributed by atoms with Crippen LogP contribution in [0.4, 0.5) is 4.79 Å². The minimum atomic E-state index is -0.494. The molecule has 1 atom stereocenters. The van der Waals surface area contributed by atoms with Gasteiger partial charge in [-0.2, -0.15) is 0 Å². The van der Waals surface area contributed by atoms with E-state index in [0.717, 1.165) is 25.1 Å². The SMILES string of the molecule is C=C1N=C(N)C(N2CCCC(NC(=O)OC(C)(C)C)C2)=CN1. The lowest BCUT2D eigenvalue weighted by Gasteiger charge is -2.36. The van der Waals surface area contributed by atoms with Crippen molar-refractivity contribution in [1.82, 2.24) is 15.5 Å². The highest BCUT2D eigenvalue weighted by molar-refractivity contribution is 5.97. The highest BCUT2D eigenvalue weighted by Gasteiger charge is 2.27. The van der Waals surface area contributed by atoms with Crippen molar-refractivity contribution >= 4 is 11.9 Å². The van der Waals surface area contributed by atoms with E-state index in [0.29, 0.717) is 18.2 Å². The van der Waals surface area contributed by atoms with Crippen LogP contribution >= 0.6 is 0 Å². The van der Waals surface area contributed by atoms with Gasteiger partial charge < -0.3 is 26.0 Å². The first-order valence-electron chi connectivity index (χ1n) is 7.49. The van der Waals surface area contributed by atoms with Gasteiger partial charge in [-0.3, -0.25) is 0 Å². The molecule has 0 spiro atoms. The zero-order valence-corrected chi connectivity index (χ0v) is 13.5. The van der Waals surface area contributed by atoms with E-state index >= 15 is 0 Å². The van der Waals surface area contributed by atoms with Gasteiger partial charge in [0.2, 0.25) is 0 Å². The Bertz CT molecular complexity index is 519. The molecule has 1 saturated heterocycles. The molecular formula is C15H25N5O2. The number of nitrogens with zero attached hydrogens (tertiary/aromatic N) is 2. The van der Waals surface area contributed by atoms with E-state index in [1.165, 1.54) is 0 Å². The van der Waals surface area contributed by atoms with Crippen molar-refractivity contribution in [3.63, 3.8) is 0 Å². The smallest absolute Gasteiger partial charge is 0.407 e. The molecule has 0 aromatic rings. The third-order valence-electron chi connectivity index (χ3n) is 3.38. The molecule has 0 saturated carbocycles. The summed E-state index contributed by atoms with van der Waals surface area (Å²) >= 11 is 0. The quantitative estimate of drug-likeness (QED) is 0.714. The predicted octanol–water partition coefficient (Wildman–Crippen LogP) is 1.25. The molecule has 1 amide bonds. The fraction of sp³-hybridized carbons (Fsp3) is 0.600. The van der Waals surface area contributed by atoms with Gasteiger partial charge in [-0.25, -0.2) is 9.79 Å². The van der Waals surface area contributed by atoms with Gasteiger partial charge in [0.05, 0.1) is 5.70 Å². The molecule has 2 heterocycles. The summed E-state index contributed by atoms with van der Waals surface area (Å²) in [4.78, 5) is 18.1. The fourth-order valence-electron chi connectivity index (χ4n) is 2.50. The molecule has 2 aliphatic heterocycles. The summed E-state index contributed by atoms with van der Waals surface area (Å²) in [7, 11) is 0. The maximum Gasteiger partial charge on any atom is 0.407 e. The molecule has 1 unspecified atom stereocenters. The van der Waals surface area contributed by atoms with E-state index in [4.69, 9.17) is 10.5 Å². The first kappa shape index (κ1) is 16.2. The van der Waals surface area contributed by atoms with Crippen LogP contribution in [0.15, 0.2) is 29.3 Å². The van der Waals surface area contributed by atoms with Gasteiger partial charge in [0.25, 0.3) is 0 Å². The Hall–Kier alpha value is -2.18. The molecule has 1 fully saturated rings. The minimum Gasteiger partial charge on any atom is -0.444 e. The monoisotopic (exact) mass is 307 g/mol. The summed E-state index contributed by atoms with van der Waals surface area (Å²) in [6.45, 7) is 10.8. The number of likely N-dealkylation sites (tertiary alicyclic amines) is 1. The van der Waals surface area contributed by atoms with Gasteiger partial charge in [-0.1, -0.05) is 6.58 Å². The first-order chi connectivity index (χ1) is 10.2. The van der Waals surface area contributed by atoms with Crippen LogP contribution in [-0.4, -0.2) is 41.6 Å². The summed E-state index contributed by atoms with van der Waals surface area (Å²) in [5.74, 6) is 0.975. The normalized spacial score (nSPS) is 22.4. The number of carbonyl (C=O) groups is 1. The molecule has 0 aromatic carbocycles. The van der Waals surface area contributed by atoms with Crippen LogP contribution in [-0.2, 0) is 4.74 Å². The van der Waals surface area contributed by atoms with Gasteiger partial charge >= 0.3 is 6.09 Å². The average Bonchev–Trinajstić information content (AvgIpc) is 2.36. The van der Waals surface area contributed by atoms with Gasteiger partial charge in [0, 0.05) is 25.3 Å². The number of amides is 1. The molecule has 22 heavy (non-hydrogen) atoms. The number of amidine groups is 1. The van der Waals surface area contributed by atoms with E-state index in [9.17, 15) is 4.79 Å².